The number of carbonyl (C=O) groups is 2. The van der Waals surface area contributed by atoms with Gasteiger partial charge < -0.3 is 0 Å². The van der Waals surface area contributed by atoms with Gasteiger partial charge in [0, 0.05) is 0 Å². The fourth-order valence-electron chi connectivity index (χ4n) is 2.85. The summed E-state index contributed by atoms with van der Waals surface area (Å²) in [6.07, 6.45) is -1.00. The summed E-state index contributed by atoms with van der Waals surface area (Å²) in [6, 6.07) is 4.39. The molecule has 160 valence electrons. The van der Waals surface area contributed by atoms with E-state index in [9.17, 15) is 28.5 Å². The Bertz CT molecular complexity index is 799. The van der Waals surface area contributed by atoms with E-state index >= 15 is 0 Å². The number of halogens is 2. The van der Waals surface area contributed by atoms with Gasteiger partial charge in [0.15, 0.2) is 0 Å². The van der Waals surface area contributed by atoms with Gasteiger partial charge in [0.05, 0.1) is 0 Å². The molecule has 3 atom stereocenters. The van der Waals surface area contributed by atoms with Crippen LogP contribution in [-0.4, -0.2) is 56.6 Å². The molecule has 0 heterocycles. The molecule has 1 fully saturated rings. The SMILES string of the molecule is COC(=O)[C@H](NC(=O)OC(C)(C)C)[C@@H]1[C@H](C[Se]c2ccccc2[N+](=O)[O-])C1(F)F. The number of nitro groups is 1. The second kappa shape index (κ2) is 8.62. The normalized spacial score (nSPS) is 21.0. The van der Waals surface area contributed by atoms with Crippen molar-refractivity contribution in [1.29, 1.82) is 0 Å². The predicted octanol–water partition coefficient (Wildman–Crippen LogP) is 2.29. The number of alkyl halides is 2. The molecule has 11 heteroatoms. The van der Waals surface area contributed by atoms with Crippen LogP contribution in [0.25, 0.3) is 0 Å². The number of para-hydroxylation sites is 1. The van der Waals surface area contributed by atoms with Crippen LogP contribution in [0.1, 0.15) is 20.8 Å². The zero-order chi connectivity index (χ0) is 22.0. The zero-order valence-electron chi connectivity index (χ0n) is 16.3. The van der Waals surface area contributed by atoms with E-state index in [1.165, 1.54) is 18.2 Å². The molecule has 2 rings (SSSR count). The van der Waals surface area contributed by atoms with Gasteiger partial charge in [-0.1, -0.05) is 0 Å². The van der Waals surface area contributed by atoms with Gasteiger partial charge in [-0.05, 0) is 0 Å². The average Bonchev–Trinajstić information content (AvgIpc) is 3.16. The molecule has 0 saturated heterocycles. The fraction of sp³-hybridized carbons (Fsp3) is 0.556. The number of nitro benzene ring substituents is 1. The van der Waals surface area contributed by atoms with Gasteiger partial charge in [-0.25, -0.2) is 0 Å². The molecule has 0 aliphatic heterocycles. The number of benzene rings is 1. The van der Waals surface area contributed by atoms with E-state index in [-0.39, 0.29) is 11.0 Å². The van der Waals surface area contributed by atoms with Crippen LogP contribution in [0.5, 0.6) is 0 Å². The Hall–Kier alpha value is -2.26. The van der Waals surface area contributed by atoms with E-state index in [2.05, 4.69) is 10.1 Å². The third kappa shape index (κ3) is 5.63. The van der Waals surface area contributed by atoms with Crippen molar-refractivity contribution in [2.24, 2.45) is 11.8 Å². The predicted molar refractivity (Wildman–Crippen MR) is 100 cm³/mol. The molecular weight excluding hydrogens is 457 g/mol. The van der Waals surface area contributed by atoms with Gasteiger partial charge in [0.1, 0.15) is 0 Å². The van der Waals surface area contributed by atoms with Crippen molar-refractivity contribution in [3.63, 3.8) is 0 Å². The van der Waals surface area contributed by atoms with Crippen LogP contribution in [-0.2, 0) is 14.3 Å². The number of nitrogens with one attached hydrogen (secondary N) is 1. The Balaban J connectivity index is 2.12. The molecule has 1 aromatic carbocycles. The number of carbonyl (C=O) groups excluding carboxylic acids is 2. The number of rotatable bonds is 7. The van der Waals surface area contributed by atoms with Gasteiger partial charge in [0.25, 0.3) is 0 Å². The quantitative estimate of drug-likeness (QED) is 0.278. The Morgan fingerprint density at radius 1 is 1.34 bits per heavy atom. The molecule has 1 aliphatic carbocycles. The molecule has 0 bridgehead atoms. The summed E-state index contributed by atoms with van der Waals surface area (Å²) in [5.74, 6) is -6.88. The minimum atomic E-state index is -3.21. The summed E-state index contributed by atoms with van der Waals surface area (Å²) < 4.78 is 38.9. The summed E-state index contributed by atoms with van der Waals surface area (Å²) in [6.45, 7) is 4.80. The summed E-state index contributed by atoms with van der Waals surface area (Å²) in [7, 11) is 1.04. The topological polar surface area (TPSA) is 108 Å². The number of nitrogens with zero attached hydrogens (tertiary/aromatic N) is 1. The van der Waals surface area contributed by atoms with Crippen molar-refractivity contribution >= 4 is 37.2 Å². The van der Waals surface area contributed by atoms with E-state index in [0.29, 0.717) is 4.46 Å². The Labute approximate surface area is 172 Å². The molecule has 8 nitrogen and oxygen atoms in total. The summed E-state index contributed by atoms with van der Waals surface area (Å²) in [4.78, 5) is 34.6. The van der Waals surface area contributed by atoms with E-state index in [4.69, 9.17) is 4.74 Å². The maximum atomic E-state index is 14.4. The molecule has 0 aromatic heterocycles. The molecule has 29 heavy (non-hydrogen) atoms. The van der Waals surface area contributed by atoms with Gasteiger partial charge in [-0.15, -0.1) is 0 Å². The molecular formula is C18H22F2N2O6Se. The van der Waals surface area contributed by atoms with Gasteiger partial charge in [-0.2, -0.15) is 0 Å². The van der Waals surface area contributed by atoms with E-state index < -0.39 is 61.3 Å². The average molecular weight is 479 g/mol. The number of hydrogen-bond acceptors (Lipinski definition) is 6. The number of hydrogen-bond donors (Lipinski definition) is 1. The van der Waals surface area contributed by atoms with Gasteiger partial charge >= 0.3 is 172 Å². The first-order valence-electron chi connectivity index (χ1n) is 8.70. The molecule has 1 N–H and O–H groups in total. The van der Waals surface area contributed by atoms with Gasteiger partial charge in [0.2, 0.25) is 0 Å². The Kier molecular flexibility index (Phi) is 6.85. The molecule has 1 saturated carbocycles. The first-order valence-corrected chi connectivity index (χ1v) is 10.8. The second-order valence-electron chi connectivity index (χ2n) is 7.49. The van der Waals surface area contributed by atoms with Crippen molar-refractivity contribution in [1.82, 2.24) is 5.32 Å². The molecule has 0 spiro atoms. The van der Waals surface area contributed by atoms with Crippen molar-refractivity contribution in [3.8, 4) is 0 Å². The van der Waals surface area contributed by atoms with E-state index in [1.807, 2.05) is 0 Å². The monoisotopic (exact) mass is 480 g/mol. The van der Waals surface area contributed by atoms with Crippen LogP contribution in [0.2, 0.25) is 5.32 Å². The Morgan fingerprint density at radius 3 is 2.52 bits per heavy atom. The third-order valence-corrected chi connectivity index (χ3v) is 6.71. The molecule has 0 radical (unpaired) electrons. The van der Waals surface area contributed by atoms with Gasteiger partial charge in [-0.3, -0.25) is 0 Å². The number of amides is 1. The van der Waals surface area contributed by atoms with Crippen LogP contribution < -0.4 is 9.78 Å². The molecule has 1 aliphatic rings. The standard InChI is InChI=1S/C18H22F2N2O6Se/c1-17(2,3)28-16(24)21-14(15(23)27-4)13-10(18(13,19)20)9-29-12-8-6-5-7-11(12)22(25)26/h5-8,10,13-14H,9H2,1-4H3,(H,21,24)/t10-,13-,14+/m0/s1. The zero-order valence-corrected chi connectivity index (χ0v) is 18.0. The summed E-state index contributed by atoms with van der Waals surface area (Å²) in [5.41, 5.74) is -0.990. The van der Waals surface area contributed by atoms with Crippen molar-refractivity contribution in [2.45, 2.75) is 43.7 Å². The second-order valence-corrected chi connectivity index (χ2v) is 9.72. The molecule has 1 aromatic rings. The minimum absolute atomic E-state index is 0.0288. The van der Waals surface area contributed by atoms with Crippen LogP contribution >= 0.6 is 0 Å². The number of esters is 1. The van der Waals surface area contributed by atoms with Crippen LogP contribution in [0.4, 0.5) is 19.3 Å². The first kappa shape index (κ1) is 23.0. The summed E-state index contributed by atoms with van der Waals surface area (Å²) >= 11 is -0.612. The fourth-order valence-corrected chi connectivity index (χ4v) is 5.48. The number of alkyl carbamates (subject to hydrolysis) is 1. The van der Waals surface area contributed by atoms with Crippen LogP contribution in [0.3, 0.4) is 0 Å². The molecule has 0 unspecified atom stereocenters. The van der Waals surface area contributed by atoms with Crippen LogP contribution in [0.15, 0.2) is 24.3 Å². The van der Waals surface area contributed by atoms with Crippen molar-refractivity contribution < 1.29 is 32.8 Å². The number of ether oxygens (including phenoxy) is 2. The maximum absolute atomic E-state index is 14.4. The van der Waals surface area contributed by atoms with E-state index in [0.717, 1.165) is 7.11 Å². The summed E-state index contributed by atoms with van der Waals surface area (Å²) in [5, 5.41) is 13.2. The number of methoxy groups -OCH3 is 1. The molecule has 1 amide bonds. The third-order valence-electron chi connectivity index (χ3n) is 4.23. The van der Waals surface area contributed by atoms with Crippen molar-refractivity contribution in [2.75, 3.05) is 7.11 Å². The first-order chi connectivity index (χ1) is 13.4. The van der Waals surface area contributed by atoms with E-state index in [1.54, 1.807) is 26.8 Å². The Morgan fingerprint density at radius 2 is 1.97 bits per heavy atom. The van der Waals surface area contributed by atoms with Crippen LogP contribution in [0, 0.1) is 22.0 Å². The van der Waals surface area contributed by atoms with Crippen molar-refractivity contribution in [3.05, 3.63) is 34.4 Å².